The fourth-order valence-corrected chi connectivity index (χ4v) is 4.96. The average molecular weight is 795 g/mol. The first-order valence-corrected chi connectivity index (χ1v) is 18.8. The van der Waals surface area contributed by atoms with Crippen LogP contribution in [0.25, 0.3) is 12.2 Å². The lowest BCUT2D eigenvalue weighted by atomic mass is 9.99. The number of carbonyl (C=O) groups is 6. The Balaban J connectivity index is 2.08. The molecule has 312 valence electrons. The van der Waals surface area contributed by atoms with Crippen LogP contribution in [-0.2, 0) is 28.7 Å². The summed E-state index contributed by atoms with van der Waals surface area (Å²) in [7, 11) is 2.79. The second kappa shape index (κ2) is 21.6. The Morgan fingerprint density at radius 1 is 0.596 bits per heavy atom. The van der Waals surface area contributed by atoms with Crippen molar-refractivity contribution in [2.75, 3.05) is 14.2 Å². The largest absolute Gasteiger partial charge is 0.493 e. The van der Waals surface area contributed by atoms with Crippen molar-refractivity contribution in [3.05, 3.63) is 59.7 Å². The van der Waals surface area contributed by atoms with E-state index >= 15 is 0 Å². The minimum atomic E-state index is -0.979. The monoisotopic (exact) mass is 794 g/mol. The van der Waals surface area contributed by atoms with Gasteiger partial charge in [-0.15, -0.1) is 0 Å². The van der Waals surface area contributed by atoms with Crippen LogP contribution in [0.2, 0.25) is 0 Å². The van der Waals surface area contributed by atoms with Crippen molar-refractivity contribution in [3.8, 4) is 23.0 Å². The summed E-state index contributed by atoms with van der Waals surface area (Å²) in [6, 6.07) is 7.37. The Labute approximate surface area is 335 Å². The molecule has 4 atom stereocenters. The minimum absolute atomic E-state index is 0.110. The molecule has 2 amide bonds. The van der Waals surface area contributed by atoms with Crippen molar-refractivity contribution < 1.29 is 57.2 Å². The van der Waals surface area contributed by atoms with Crippen LogP contribution in [0.15, 0.2) is 48.6 Å². The molecule has 0 heterocycles. The molecule has 0 bridgehead atoms. The van der Waals surface area contributed by atoms with E-state index < -0.39 is 65.4 Å². The van der Waals surface area contributed by atoms with Crippen LogP contribution in [0, 0.1) is 11.8 Å². The molecule has 0 radical (unpaired) electrons. The van der Waals surface area contributed by atoms with Crippen molar-refractivity contribution in [2.45, 2.75) is 112 Å². The molecular weight excluding hydrogens is 736 g/mol. The predicted octanol–water partition coefficient (Wildman–Crippen LogP) is 7.65. The Morgan fingerprint density at radius 2 is 0.947 bits per heavy atom. The number of carbonyl (C=O) groups excluding carboxylic acids is 6. The van der Waals surface area contributed by atoms with E-state index in [4.69, 9.17) is 28.4 Å². The zero-order valence-electron chi connectivity index (χ0n) is 35.1. The van der Waals surface area contributed by atoms with Crippen LogP contribution >= 0.6 is 0 Å². The van der Waals surface area contributed by atoms with E-state index in [2.05, 4.69) is 10.6 Å². The van der Waals surface area contributed by atoms with E-state index in [1.807, 2.05) is 27.7 Å². The molecule has 14 nitrogen and oxygen atoms in total. The SMILES string of the molecule is CC[C@H](C)[C@H](NC(=O)OC(C)(C)C)C(=O)Oc1ccc(/C=C/C(=O)CC(=O)/C=C/c2ccc(OC(=O)[C@@H](NC(=O)OC(C)(C)C)[C@@H](C)CC)c(OC)c2)cc1OC. The first-order chi connectivity index (χ1) is 26.6. The highest BCUT2D eigenvalue weighted by Crippen LogP contribution is 2.31. The van der Waals surface area contributed by atoms with Crippen molar-refractivity contribution in [3.63, 3.8) is 0 Å². The summed E-state index contributed by atoms with van der Waals surface area (Å²) in [6.07, 6.45) is 4.79. The summed E-state index contributed by atoms with van der Waals surface area (Å²) < 4.78 is 32.7. The summed E-state index contributed by atoms with van der Waals surface area (Å²) in [4.78, 5) is 76.4. The summed E-state index contributed by atoms with van der Waals surface area (Å²) >= 11 is 0. The Bertz CT molecular complexity index is 1670. The van der Waals surface area contributed by atoms with Gasteiger partial charge in [-0.1, -0.05) is 64.8 Å². The highest BCUT2D eigenvalue weighted by atomic mass is 16.6. The van der Waals surface area contributed by atoms with Crippen LogP contribution in [0.3, 0.4) is 0 Å². The van der Waals surface area contributed by atoms with Gasteiger partial charge in [-0.05, 0) is 101 Å². The lowest BCUT2D eigenvalue weighted by molar-refractivity contribution is -0.139. The summed E-state index contributed by atoms with van der Waals surface area (Å²) in [5, 5.41) is 5.19. The van der Waals surface area contributed by atoms with E-state index in [1.165, 1.54) is 50.7 Å². The van der Waals surface area contributed by atoms with Crippen molar-refractivity contribution >= 4 is 47.8 Å². The van der Waals surface area contributed by atoms with Gasteiger partial charge in [0.1, 0.15) is 23.3 Å². The van der Waals surface area contributed by atoms with E-state index in [0.29, 0.717) is 24.0 Å². The molecule has 2 rings (SSSR count). The fraction of sp³-hybridized carbons (Fsp3) is 0.488. The topological polar surface area (TPSA) is 182 Å². The number of hydrogen-bond donors (Lipinski definition) is 2. The Morgan fingerprint density at radius 3 is 1.25 bits per heavy atom. The molecule has 0 aliphatic heterocycles. The fourth-order valence-electron chi connectivity index (χ4n) is 4.96. The molecule has 0 aromatic heterocycles. The molecule has 2 N–H and O–H groups in total. The number of amides is 2. The van der Waals surface area contributed by atoms with Crippen LogP contribution in [-0.4, -0.2) is 73.2 Å². The highest BCUT2D eigenvalue weighted by Gasteiger charge is 2.32. The molecule has 0 fully saturated rings. The minimum Gasteiger partial charge on any atom is -0.493 e. The van der Waals surface area contributed by atoms with Gasteiger partial charge >= 0.3 is 24.1 Å². The number of rotatable bonds is 18. The quantitative estimate of drug-likeness (QED) is 0.0652. The molecule has 2 aromatic rings. The smallest absolute Gasteiger partial charge is 0.408 e. The molecule has 57 heavy (non-hydrogen) atoms. The number of allylic oxidation sites excluding steroid dienone is 2. The standard InChI is InChI=1S/C43H58N2O12/c1-13-26(3)36(44-40(50)56-42(5,6)7)38(48)54-32-21-17-28(23-34(32)52-11)15-19-30(46)25-31(47)20-16-29-18-22-33(35(24-29)53-12)55-39(49)37(27(4)14-2)45-41(51)57-43(8,9)10/h15-24,26-27,36-37H,13-14,25H2,1-12H3,(H,44,50)(H,45,51)/b19-15+,20-16+/t26-,27-,36-,37-/m0/s1. The van der Waals surface area contributed by atoms with Gasteiger partial charge in [0.2, 0.25) is 0 Å². The number of ether oxygens (including phenoxy) is 6. The van der Waals surface area contributed by atoms with Crippen molar-refractivity contribution in [1.29, 1.82) is 0 Å². The lowest BCUT2D eigenvalue weighted by Crippen LogP contribution is -2.48. The maximum atomic E-state index is 13.1. The van der Waals surface area contributed by atoms with Gasteiger partial charge in [0, 0.05) is 0 Å². The third kappa shape index (κ3) is 16.5. The van der Waals surface area contributed by atoms with Gasteiger partial charge in [0.25, 0.3) is 0 Å². The zero-order valence-corrected chi connectivity index (χ0v) is 35.1. The van der Waals surface area contributed by atoms with Gasteiger partial charge in [-0.25, -0.2) is 19.2 Å². The summed E-state index contributed by atoms with van der Waals surface area (Å²) in [5.41, 5.74) is -0.423. The molecule has 0 spiro atoms. The van der Waals surface area contributed by atoms with E-state index in [-0.39, 0.29) is 34.8 Å². The number of ketones is 2. The Hall–Kier alpha value is -5.66. The molecule has 0 saturated heterocycles. The average Bonchev–Trinajstić information content (AvgIpc) is 3.12. The number of nitrogens with one attached hydrogen (secondary N) is 2. The highest BCUT2D eigenvalue weighted by molar-refractivity contribution is 6.11. The van der Waals surface area contributed by atoms with E-state index in [0.717, 1.165) is 0 Å². The van der Waals surface area contributed by atoms with E-state index in [9.17, 15) is 28.8 Å². The van der Waals surface area contributed by atoms with Crippen LogP contribution in [0.4, 0.5) is 9.59 Å². The van der Waals surface area contributed by atoms with Gasteiger partial charge in [-0.3, -0.25) is 9.59 Å². The second-order valence-corrected chi connectivity index (χ2v) is 15.5. The number of benzene rings is 2. The first kappa shape index (κ1) is 47.5. The third-order valence-electron chi connectivity index (χ3n) is 8.35. The molecule has 0 aliphatic carbocycles. The number of alkyl carbamates (subject to hydrolysis) is 2. The van der Waals surface area contributed by atoms with Crippen LogP contribution in [0.1, 0.15) is 99.6 Å². The molecule has 0 unspecified atom stereocenters. The number of esters is 2. The molecule has 0 saturated carbocycles. The second-order valence-electron chi connectivity index (χ2n) is 15.5. The lowest BCUT2D eigenvalue weighted by Gasteiger charge is -2.25. The molecular formula is C43H58N2O12. The molecule has 2 aromatic carbocycles. The zero-order chi connectivity index (χ0) is 43.1. The van der Waals surface area contributed by atoms with Gasteiger partial charge in [0.05, 0.1) is 20.6 Å². The summed E-state index contributed by atoms with van der Waals surface area (Å²) in [5.74, 6) is -2.19. The maximum absolute atomic E-state index is 13.1. The Kier molecular flexibility index (Phi) is 18.0. The molecule has 14 heteroatoms. The van der Waals surface area contributed by atoms with Crippen molar-refractivity contribution in [2.24, 2.45) is 11.8 Å². The van der Waals surface area contributed by atoms with Gasteiger partial charge in [-0.2, -0.15) is 0 Å². The van der Waals surface area contributed by atoms with Gasteiger partial charge < -0.3 is 39.1 Å². The number of methoxy groups -OCH3 is 2. The summed E-state index contributed by atoms with van der Waals surface area (Å²) in [6.45, 7) is 17.7. The third-order valence-corrected chi connectivity index (χ3v) is 8.35. The van der Waals surface area contributed by atoms with Crippen LogP contribution < -0.4 is 29.6 Å². The number of hydrogen-bond acceptors (Lipinski definition) is 12. The maximum Gasteiger partial charge on any atom is 0.408 e. The van der Waals surface area contributed by atoms with Crippen molar-refractivity contribution in [1.82, 2.24) is 10.6 Å². The first-order valence-electron chi connectivity index (χ1n) is 18.8. The van der Waals surface area contributed by atoms with Crippen LogP contribution in [0.5, 0.6) is 23.0 Å². The van der Waals surface area contributed by atoms with E-state index in [1.54, 1.807) is 65.8 Å². The predicted molar refractivity (Wildman–Crippen MR) is 215 cm³/mol. The molecule has 0 aliphatic rings. The normalized spacial score (nSPS) is 13.8. The van der Waals surface area contributed by atoms with Gasteiger partial charge in [0.15, 0.2) is 34.6 Å².